The lowest BCUT2D eigenvalue weighted by atomic mass is 9.79. The second kappa shape index (κ2) is 32.8. The number of esters is 2. The van der Waals surface area contributed by atoms with E-state index in [1.165, 1.54) is 0 Å². The van der Waals surface area contributed by atoms with Gasteiger partial charge in [-0.3, -0.25) is 47.8 Å². The van der Waals surface area contributed by atoms with Gasteiger partial charge in [-0.1, -0.05) is 101 Å². The Balaban J connectivity index is 0.000000199. The number of benzene rings is 2. The molecule has 14 atom stereocenters. The number of hydrogen-bond donors (Lipinski definition) is 2. The first-order chi connectivity index (χ1) is 53.9. The SMILES string of the molecule is CC[C@@H]1C[C@@H](C)CC/C=C\[C@@H]2C[C@@]2(C(=O)NS(=O)(=O)C2(C)CC2)CC(=O)[C@@H]2C[C@@H](Oc3nc4c(c5ccccc35)OCCC4)CN2C(=O)C1CC(=O)OC(C)(C)C.CC[C@@H]1C[C@H](C)CC/C=C\[C@@H]2C[C@@]2(C(=O)NS(=O)(=O)C2(C)CC2)CC(=O)[C@@H]2C[C@@H](Oc3nc4c(c5ccccc35)OCCC4)CN2C(=O)C1CC(=O)OC(C)(C)C. The summed E-state index contributed by atoms with van der Waals surface area (Å²) in [6, 6.07) is 13.5. The van der Waals surface area contributed by atoms with E-state index < -0.39 is 111 Å². The van der Waals surface area contributed by atoms with Gasteiger partial charge in [0.15, 0.2) is 11.6 Å². The average Bonchev–Trinajstić information content (AvgIpc) is 1.56. The van der Waals surface area contributed by atoms with Crippen LogP contribution >= 0.6 is 0 Å². The maximum atomic E-state index is 15.1. The van der Waals surface area contributed by atoms with Crippen LogP contribution in [-0.2, 0) is 80.7 Å². The van der Waals surface area contributed by atoms with Gasteiger partial charge in [0.2, 0.25) is 55.4 Å². The van der Waals surface area contributed by atoms with Crippen LogP contribution in [0.1, 0.15) is 236 Å². The van der Waals surface area contributed by atoms with Crippen LogP contribution in [0.3, 0.4) is 0 Å². The number of pyridine rings is 2. The molecule has 6 fully saturated rings. The summed E-state index contributed by atoms with van der Waals surface area (Å²) in [7, 11) is -7.90. The number of fused-ring (bicyclic) bond motifs is 10. The van der Waals surface area contributed by atoms with Crippen LogP contribution in [0.2, 0.25) is 0 Å². The Morgan fingerprint density at radius 1 is 0.553 bits per heavy atom. The summed E-state index contributed by atoms with van der Waals surface area (Å²) in [6.07, 6.45) is 17.7. The largest absolute Gasteiger partial charge is 0.491 e. The molecule has 4 saturated carbocycles. The molecule has 620 valence electrons. The molecule has 8 heterocycles. The number of aryl methyl sites for hydroxylation is 2. The molecule has 2 aromatic carbocycles. The maximum absolute atomic E-state index is 15.1. The first kappa shape index (κ1) is 83.9. The lowest BCUT2D eigenvalue weighted by Crippen LogP contribution is -2.48. The number of rotatable bonds is 16. The molecular formula is C88H118N6O18S2. The van der Waals surface area contributed by atoms with E-state index in [0.717, 1.165) is 95.8 Å². The van der Waals surface area contributed by atoms with Crippen LogP contribution in [0.4, 0.5) is 0 Å². The summed E-state index contributed by atoms with van der Waals surface area (Å²) >= 11 is 0. The average molecular weight is 1610 g/mol. The number of carbonyl (C=O) groups excluding carboxylic acids is 8. The number of ether oxygens (including phenoxy) is 6. The Hall–Kier alpha value is -8.00. The van der Waals surface area contributed by atoms with E-state index in [1.807, 2.05) is 86.7 Å². The van der Waals surface area contributed by atoms with Gasteiger partial charge in [-0.25, -0.2) is 26.8 Å². The number of allylic oxidation sites excluding steroid dienone is 4. The number of nitrogens with one attached hydrogen (secondary N) is 2. The topological polar surface area (TPSA) is 317 Å². The summed E-state index contributed by atoms with van der Waals surface area (Å²) in [5, 5.41) is 3.28. The second-order valence-electron chi connectivity index (χ2n) is 37.2. The fraction of sp³-hybridized carbons (Fsp3) is 0.659. The predicted octanol–water partition coefficient (Wildman–Crippen LogP) is 13.2. The Bertz CT molecular complexity index is 4400. The minimum atomic E-state index is -3.95. The van der Waals surface area contributed by atoms with Gasteiger partial charge in [0.05, 0.1) is 94.8 Å². The van der Waals surface area contributed by atoms with Crippen molar-refractivity contribution in [2.45, 2.75) is 282 Å². The summed E-state index contributed by atoms with van der Waals surface area (Å²) in [6.45, 7) is 23.7. The second-order valence-corrected chi connectivity index (χ2v) is 41.6. The zero-order chi connectivity index (χ0) is 81.8. The Kier molecular flexibility index (Phi) is 24.2. The lowest BCUT2D eigenvalue weighted by molar-refractivity contribution is -0.160. The number of amides is 4. The van der Waals surface area contributed by atoms with Gasteiger partial charge in [-0.15, -0.1) is 0 Å². The Morgan fingerprint density at radius 3 is 1.27 bits per heavy atom. The number of Topliss-reactive ketones (excluding diaryl/α,β-unsaturated/α-hetero) is 2. The number of aromatic nitrogens is 2. The van der Waals surface area contributed by atoms with Gasteiger partial charge in [-0.2, -0.15) is 0 Å². The molecule has 0 spiro atoms. The van der Waals surface area contributed by atoms with Gasteiger partial charge in [0.25, 0.3) is 0 Å². The third-order valence-electron chi connectivity index (χ3n) is 25.8. The minimum Gasteiger partial charge on any atom is -0.491 e. The first-order valence-electron chi connectivity index (χ1n) is 41.9. The molecule has 114 heavy (non-hydrogen) atoms. The van der Waals surface area contributed by atoms with Crippen molar-refractivity contribution in [1.82, 2.24) is 29.2 Å². The molecule has 6 aliphatic heterocycles. The normalized spacial score (nSPS) is 30.7. The minimum absolute atomic E-state index is 0.0743. The fourth-order valence-electron chi connectivity index (χ4n) is 18.3. The molecule has 4 aromatic rings. The van der Waals surface area contributed by atoms with Crippen LogP contribution in [0.15, 0.2) is 72.8 Å². The number of carbonyl (C=O) groups is 8. The van der Waals surface area contributed by atoms with Crippen LogP contribution in [0.25, 0.3) is 21.5 Å². The van der Waals surface area contributed by atoms with Crippen LogP contribution in [0.5, 0.6) is 23.3 Å². The van der Waals surface area contributed by atoms with Crippen molar-refractivity contribution in [3.05, 3.63) is 84.2 Å². The maximum Gasteiger partial charge on any atom is 0.307 e. The summed E-state index contributed by atoms with van der Waals surface area (Å²) in [4.78, 5) is 128. The molecule has 4 amide bonds. The van der Waals surface area contributed by atoms with E-state index in [9.17, 15) is 45.6 Å². The quantitative estimate of drug-likeness (QED) is 0.0777. The van der Waals surface area contributed by atoms with Gasteiger partial charge in [0.1, 0.15) is 34.9 Å². The Labute approximate surface area is 672 Å². The van der Waals surface area contributed by atoms with Crippen molar-refractivity contribution in [3.63, 3.8) is 0 Å². The summed E-state index contributed by atoms with van der Waals surface area (Å²) < 4.78 is 92.8. The highest BCUT2D eigenvalue weighted by atomic mass is 32.2. The predicted molar refractivity (Wildman–Crippen MR) is 430 cm³/mol. The molecule has 10 aliphatic rings. The molecule has 2 unspecified atom stereocenters. The van der Waals surface area contributed by atoms with E-state index in [2.05, 4.69) is 23.3 Å². The zero-order valence-electron chi connectivity index (χ0n) is 68.6. The Morgan fingerprint density at radius 2 is 0.921 bits per heavy atom. The van der Waals surface area contributed by atoms with Crippen LogP contribution in [-0.4, -0.2) is 155 Å². The van der Waals surface area contributed by atoms with Gasteiger partial charge < -0.3 is 38.2 Å². The van der Waals surface area contributed by atoms with E-state index in [1.54, 1.807) is 65.2 Å². The monoisotopic (exact) mass is 1610 g/mol. The highest BCUT2D eigenvalue weighted by Crippen LogP contribution is 2.60. The van der Waals surface area contributed by atoms with Gasteiger partial charge in [0, 0.05) is 47.2 Å². The number of sulfonamides is 2. The van der Waals surface area contributed by atoms with Crippen molar-refractivity contribution in [3.8, 4) is 23.3 Å². The van der Waals surface area contributed by atoms with Gasteiger partial charge in [-0.05, 0) is 206 Å². The van der Waals surface area contributed by atoms with E-state index in [4.69, 9.17) is 38.4 Å². The third-order valence-corrected chi connectivity index (χ3v) is 30.2. The van der Waals surface area contributed by atoms with Crippen molar-refractivity contribution >= 4 is 88.7 Å². The number of nitrogens with zero attached hydrogens (tertiary/aromatic N) is 4. The van der Waals surface area contributed by atoms with E-state index in [0.29, 0.717) is 89.2 Å². The molecule has 0 radical (unpaired) electrons. The van der Waals surface area contributed by atoms with Crippen molar-refractivity contribution in [2.24, 2.45) is 58.2 Å². The van der Waals surface area contributed by atoms with Crippen molar-refractivity contribution < 1.29 is 83.6 Å². The smallest absolute Gasteiger partial charge is 0.307 e. The summed E-state index contributed by atoms with van der Waals surface area (Å²) in [5.74, 6) is -3.32. The molecular weight excluding hydrogens is 1490 g/mol. The van der Waals surface area contributed by atoms with Gasteiger partial charge >= 0.3 is 11.9 Å². The molecule has 0 bridgehead atoms. The molecule has 4 aliphatic carbocycles. The highest BCUT2D eigenvalue weighted by molar-refractivity contribution is 7.92. The fourth-order valence-corrected chi connectivity index (χ4v) is 21.0. The molecule has 24 nitrogen and oxygen atoms in total. The zero-order valence-corrected chi connectivity index (χ0v) is 70.2. The molecule has 2 saturated heterocycles. The van der Waals surface area contributed by atoms with Crippen molar-refractivity contribution in [1.29, 1.82) is 0 Å². The molecule has 26 heteroatoms. The van der Waals surface area contributed by atoms with Crippen LogP contribution in [0, 0.1) is 58.2 Å². The molecule has 2 N–H and O–H groups in total. The standard InChI is InChI=1S/2C44H59N3O9S/c2*1-7-28-21-27(2)13-8-9-14-29-24-44(29,41(51)46-57(52,53)43(6)18-19-43)25-36(48)35-22-30(26-47(35)40(50)33(28)23-37(49)56-42(3,4)5)55-39-32-16-11-10-15-31(32)38-34(45-39)17-12-20-54-38/h2*9-11,14-16,27-30,33,35H,7-8,12-13,17-26H2,1-6H3,(H,46,51)/b2*14-9-/t27-,28+,29+,30+,33?,35-,44+;27-,28-,29-,30-,33?,35+,44-/m01/s1. The van der Waals surface area contributed by atoms with E-state index >= 15 is 9.59 Å². The third kappa shape index (κ3) is 18.2. The highest BCUT2D eigenvalue weighted by Gasteiger charge is 2.65. The lowest BCUT2D eigenvalue weighted by Gasteiger charge is -2.33. The van der Waals surface area contributed by atoms with Crippen molar-refractivity contribution in [2.75, 3.05) is 26.3 Å². The molecule has 14 rings (SSSR count). The van der Waals surface area contributed by atoms with E-state index in [-0.39, 0.29) is 111 Å². The first-order valence-corrected chi connectivity index (χ1v) is 44.8. The van der Waals surface area contributed by atoms with Crippen LogP contribution < -0.4 is 28.4 Å². The molecule has 2 aromatic heterocycles. The number of ketones is 2. The number of hydrogen-bond acceptors (Lipinski definition) is 20. The summed E-state index contributed by atoms with van der Waals surface area (Å²) in [5.41, 5.74) is -2.43.